The number of aromatic amines is 1. The number of H-pyrrole nitrogens is 1. The molecule has 1 aromatic carbocycles. The second kappa shape index (κ2) is 3.92. The van der Waals surface area contributed by atoms with Crippen LogP contribution in [0.1, 0.15) is 21.6 Å². The van der Waals surface area contributed by atoms with Crippen molar-refractivity contribution in [3.8, 4) is 5.75 Å². The molecule has 2 N–H and O–H groups in total. The Labute approximate surface area is 109 Å². The molecular weight excluding hydrogens is 252 g/mol. The summed E-state index contributed by atoms with van der Waals surface area (Å²) in [7, 11) is 1.60. The molecule has 2 aromatic rings. The maximum atomic E-state index is 12.0. The molecule has 0 spiro atoms. The molecular formula is C13H13ClN2O2. The lowest BCUT2D eigenvalue weighted by molar-refractivity contribution is 0.0947. The summed E-state index contributed by atoms with van der Waals surface area (Å²) in [6, 6.07) is 1.78. The molecule has 0 fully saturated rings. The molecule has 0 aliphatic carbocycles. The molecule has 1 aromatic heterocycles. The fraction of sp³-hybridized carbons (Fsp3) is 0.308. The van der Waals surface area contributed by atoms with Gasteiger partial charge in [-0.3, -0.25) is 4.79 Å². The van der Waals surface area contributed by atoms with Crippen LogP contribution in [0, 0.1) is 6.92 Å². The highest BCUT2D eigenvalue weighted by Gasteiger charge is 2.25. The Bertz CT molecular complexity index is 661. The van der Waals surface area contributed by atoms with E-state index in [0.29, 0.717) is 22.9 Å². The van der Waals surface area contributed by atoms with E-state index >= 15 is 0 Å². The normalized spacial score (nSPS) is 14.5. The zero-order valence-electron chi connectivity index (χ0n) is 10.2. The molecule has 4 nitrogen and oxygen atoms in total. The lowest BCUT2D eigenvalue weighted by Crippen LogP contribution is -2.31. The smallest absolute Gasteiger partial charge is 0.253 e. The largest absolute Gasteiger partial charge is 0.495 e. The van der Waals surface area contributed by atoms with Crippen LogP contribution in [-0.4, -0.2) is 24.5 Å². The molecule has 1 aliphatic rings. The zero-order valence-corrected chi connectivity index (χ0v) is 10.9. The molecule has 0 saturated heterocycles. The van der Waals surface area contributed by atoms with Crippen LogP contribution in [0.5, 0.6) is 5.75 Å². The third kappa shape index (κ3) is 1.42. The first-order valence-electron chi connectivity index (χ1n) is 5.79. The second-order valence-corrected chi connectivity index (χ2v) is 4.83. The minimum atomic E-state index is -0.0464. The highest BCUT2D eigenvalue weighted by atomic mass is 35.5. The summed E-state index contributed by atoms with van der Waals surface area (Å²) in [5.41, 5.74) is 3.41. The van der Waals surface area contributed by atoms with E-state index in [9.17, 15) is 4.79 Å². The molecule has 1 aliphatic heterocycles. The first kappa shape index (κ1) is 11.4. The fourth-order valence-corrected chi connectivity index (χ4v) is 2.71. The Morgan fingerprint density at radius 2 is 2.22 bits per heavy atom. The van der Waals surface area contributed by atoms with Crippen LogP contribution >= 0.6 is 11.6 Å². The molecule has 18 heavy (non-hydrogen) atoms. The number of hydrogen-bond acceptors (Lipinski definition) is 2. The van der Waals surface area contributed by atoms with Gasteiger partial charge in [-0.05, 0) is 12.5 Å². The van der Waals surface area contributed by atoms with Crippen molar-refractivity contribution in [2.24, 2.45) is 0 Å². The lowest BCUT2D eigenvalue weighted by atomic mass is 10.0. The summed E-state index contributed by atoms with van der Waals surface area (Å²) in [6.07, 6.45) is 0.802. The van der Waals surface area contributed by atoms with E-state index in [1.165, 1.54) is 0 Å². The predicted molar refractivity (Wildman–Crippen MR) is 70.6 cm³/mol. The summed E-state index contributed by atoms with van der Waals surface area (Å²) < 4.78 is 5.33. The Morgan fingerprint density at radius 1 is 1.44 bits per heavy atom. The number of nitrogens with one attached hydrogen (secondary N) is 2. The van der Waals surface area contributed by atoms with Crippen molar-refractivity contribution >= 4 is 28.4 Å². The van der Waals surface area contributed by atoms with Crippen LogP contribution in [0.2, 0.25) is 5.02 Å². The lowest BCUT2D eigenvalue weighted by Gasteiger charge is -2.13. The third-order valence-corrected chi connectivity index (χ3v) is 3.82. The fourth-order valence-electron chi connectivity index (χ4n) is 2.51. The quantitative estimate of drug-likeness (QED) is 0.831. The van der Waals surface area contributed by atoms with Gasteiger partial charge in [-0.25, -0.2) is 0 Å². The number of carbonyl (C=O) groups is 1. The van der Waals surface area contributed by atoms with E-state index in [1.807, 2.05) is 6.92 Å². The number of ether oxygens (including phenoxy) is 1. The number of benzene rings is 1. The number of methoxy groups -OCH3 is 1. The third-order valence-electron chi connectivity index (χ3n) is 3.42. The summed E-state index contributed by atoms with van der Waals surface area (Å²) in [4.78, 5) is 15.3. The maximum Gasteiger partial charge on any atom is 0.253 e. The van der Waals surface area contributed by atoms with Crippen molar-refractivity contribution in [1.29, 1.82) is 0 Å². The summed E-state index contributed by atoms with van der Waals surface area (Å²) in [6.45, 7) is 2.58. The number of rotatable bonds is 1. The van der Waals surface area contributed by atoms with Gasteiger partial charge in [0.1, 0.15) is 5.75 Å². The number of amides is 1. The molecule has 2 heterocycles. The predicted octanol–water partition coefficient (Wildman–Crippen LogP) is 2.42. The number of aromatic nitrogens is 1. The van der Waals surface area contributed by atoms with Crippen molar-refractivity contribution in [2.45, 2.75) is 13.3 Å². The first-order chi connectivity index (χ1) is 8.63. The topological polar surface area (TPSA) is 54.1 Å². The van der Waals surface area contributed by atoms with E-state index in [0.717, 1.165) is 28.6 Å². The molecule has 0 atom stereocenters. The minimum Gasteiger partial charge on any atom is -0.495 e. The van der Waals surface area contributed by atoms with Crippen molar-refractivity contribution in [1.82, 2.24) is 10.3 Å². The number of carbonyl (C=O) groups excluding carboxylic acids is 1. The standard InChI is InChI=1S/C13H13ClN2O2/c1-6-7(14)5-9(18-2)12-10(6)11-8(16-12)3-4-15-13(11)17/h5,16H,3-4H2,1-2H3,(H,15,17). The highest BCUT2D eigenvalue weighted by molar-refractivity contribution is 6.33. The average molecular weight is 265 g/mol. The minimum absolute atomic E-state index is 0.0464. The van der Waals surface area contributed by atoms with Gasteiger partial charge in [-0.2, -0.15) is 0 Å². The molecule has 94 valence electrons. The number of fused-ring (bicyclic) bond motifs is 3. The van der Waals surface area contributed by atoms with Gasteiger partial charge < -0.3 is 15.0 Å². The van der Waals surface area contributed by atoms with Crippen molar-refractivity contribution in [2.75, 3.05) is 13.7 Å². The van der Waals surface area contributed by atoms with Gasteiger partial charge in [0.15, 0.2) is 0 Å². The van der Waals surface area contributed by atoms with Gasteiger partial charge in [0.25, 0.3) is 5.91 Å². The van der Waals surface area contributed by atoms with Gasteiger partial charge in [-0.15, -0.1) is 0 Å². The molecule has 0 unspecified atom stereocenters. The van der Waals surface area contributed by atoms with E-state index in [1.54, 1.807) is 13.2 Å². The van der Waals surface area contributed by atoms with Crippen LogP contribution in [0.4, 0.5) is 0 Å². The zero-order chi connectivity index (χ0) is 12.9. The van der Waals surface area contributed by atoms with Gasteiger partial charge in [0.2, 0.25) is 0 Å². The molecule has 1 amide bonds. The van der Waals surface area contributed by atoms with Gasteiger partial charge in [-0.1, -0.05) is 11.6 Å². The molecule has 0 saturated carbocycles. The summed E-state index contributed by atoms with van der Waals surface area (Å²) >= 11 is 6.19. The Morgan fingerprint density at radius 3 is 2.94 bits per heavy atom. The van der Waals surface area contributed by atoms with Crippen molar-refractivity contribution < 1.29 is 9.53 Å². The average Bonchev–Trinajstić information content (AvgIpc) is 2.74. The molecule has 5 heteroatoms. The monoisotopic (exact) mass is 264 g/mol. The van der Waals surface area contributed by atoms with Crippen LogP contribution in [-0.2, 0) is 6.42 Å². The van der Waals surface area contributed by atoms with E-state index in [4.69, 9.17) is 16.3 Å². The Hall–Kier alpha value is -1.68. The molecule has 0 radical (unpaired) electrons. The van der Waals surface area contributed by atoms with Gasteiger partial charge >= 0.3 is 0 Å². The molecule has 3 rings (SSSR count). The first-order valence-corrected chi connectivity index (χ1v) is 6.17. The molecule has 0 bridgehead atoms. The van der Waals surface area contributed by atoms with Crippen molar-refractivity contribution in [3.63, 3.8) is 0 Å². The number of halogens is 1. The van der Waals surface area contributed by atoms with Crippen LogP contribution in [0.15, 0.2) is 6.07 Å². The highest BCUT2D eigenvalue weighted by Crippen LogP contribution is 2.37. The Balaban J connectivity index is 2.46. The second-order valence-electron chi connectivity index (χ2n) is 4.42. The number of aryl methyl sites for hydroxylation is 1. The maximum absolute atomic E-state index is 12.0. The Kier molecular flexibility index (Phi) is 2.48. The number of hydrogen-bond donors (Lipinski definition) is 2. The van der Waals surface area contributed by atoms with E-state index in [2.05, 4.69) is 10.3 Å². The van der Waals surface area contributed by atoms with Crippen molar-refractivity contribution in [3.05, 3.63) is 27.9 Å². The van der Waals surface area contributed by atoms with Crippen LogP contribution < -0.4 is 10.1 Å². The van der Waals surface area contributed by atoms with Crippen LogP contribution in [0.3, 0.4) is 0 Å². The SMILES string of the molecule is COc1cc(Cl)c(C)c2c3c([nH]c12)CCNC3=O. The van der Waals surface area contributed by atoms with E-state index in [-0.39, 0.29) is 5.91 Å². The summed E-state index contributed by atoms with van der Waals surface area (Å²) in [5.74, 6) is 0.623. The van der Waals surface area contributed by atoms with Gasteiger partial charge in [0.05, 0.1) is 18.2 Å². The van der Waals surface area contributed by atoms with E-state index < -0.39 is 0 Å². The van der Waals surface area contributed by atoms with Gasteiger partial charge in [0, 0.05) is 35.1 Å². The van der Waals surface area contributed by atoms with Crippen LogP contribution in [0.25, 0.3) is 10.9 Å². The summed E-state index contributed by atoms with van der Waals surface area (Å²) in [5, 5.41) is 4.34.